The predicted octanol–water partition coefficient (Wildman–Crippen LogP) is 3.34. The molecule has 1 rings (SSSR count). The van der Waals surface area contributed by atoms with Gasteiger partial charge in [0, 0.05) is 0 Å². The Balaban J connectivity index is 2.82. The Hall–Kier alpha value is -1.02. The van der Waals surface area contributed by atoms with Gasteiger partial charge in [0.2, 0.25) is 5.24 Å². The summed E-state index contributed by atoms with van der Waals surface area (Å²) in [7, 11) is 0. The number of benzene rings is 1. The molecule has 0 aliphatic heterocycles. The fourth-order valence-corrected chi connectivity index (χ4v) is 1.77. The maximum absolute atomic E-state index is 11.1. The quantitative estimate of drug-likeness (QED) is 0.720. The van der Waals surface area contributed by atoms with E-state index in [1.165, 1.54) is 0 Å². The average Bonchev–Trinajstić information content (AvgIpc) is 2.21. The van der Waals surface area contributed by atoms with Crippen molar-refractivity contribution in [3.63, 3.8) is 0 Å². The third-order valence-electron chi connectivity index (χ3n) is 2.28. The van der Waals surface area contributed by atoms with Crippen LogP contribution in [-0.2, 0) is 4.79 Å². The van der Waals surface area contributed by atoms with Crippen molar-refractivity contribution in [1.82, 2.24) is 0 Å². The molecule has 3 heteroatoms. The minimum atomic E-state index is -0.304. The third kappa shape index (κ3) is 3.24. The number of hydrogen-bond donors (Lipinski definition) is 0. The first-order chi connectivity index (χ1) is 7.19. The molecule has 1 aromatic carbocycles. The summed E-state index contributed by atoms with van der Waals surface area (Å²) in [5.41, 5.74) is 0.945. The average molecular weight is 227 g/mol. The van der Waals surface area contributed by atoms with E-state index in [1.807, 2.05) is 38.1 Å². The maximum Gasteiger partial charge on any atom is 0.229 e. The SMILES string of the molecule is CCOc1ccc(C(CC)C(=O)Cl)cc1. The molecule has 1 unspecified atom stereocenters. The van der Waals surface area contributed by atoms with Gasteiger partial charge in [-0.05, 0) is 42.6 Å². The summed E-state index contributed by atoms with van der Waals surface area (Å²) in [4.78, 5) is 11.1. The molecule has 0 amide bonds. The van der Waals surface area contributed by atoms with Crippen molar-refractivity contribution in [3.8, 4) is 5.75 Å². The Kier molecular flexibility index (Phi) is 4.63. The van der Waals surface area contributed by atoms with Crippen LogP contribution in [0.3, 0.4) is 0 Å². The van der Waals surface area contributed by atoms with E-state index in [4.69, 9.17) is 16.3 Å². The summed E-state index contributed by atoms with van der Waals surface area (Å²) in [6.45, 7) is 4.53. The smallest absolute Gasteiger partial charge is 0.229 e. The van der Waals surface area contributed by atoms with Crippen LogP contribution >= 0.6 is 11.6 Å². The molecule has 0 aliphatic carbocycles. The fourth-order valence-electron chi connectivity index (χ4n) is 1.49. The van der Waals surface area contributed by atoms with Gasteiger partial charge in [0.15, 0.2) is 0 Å². The van der Waals surface area contributed by atoms with Gasteiger partial charge in [-0.1, -0.05) is 19.1 Å². The molecule has 0 saturated carbocycles. The van der Waals surface area contributed by atoms with Crippen LogP contribution in [0.5, 0.6) is 5.75 Å². The van der Waals surface area contributed by atoms with Gasteiger partial charge < -0.3 is 4.74 Å². The Bertz CT molecular complexity index is 319. The van der Waals surface area contributed by atoms with E-state index < -0.39 is 0 Å². The summed E-state index contributed by atoms with van der Waals surface area (Å²) >= 11 is 5.51. The van der Waals surface area contributed by atoms with Crippen LogP contribution in [0.1, 0.15) is 31.7 Å². The molecular weight excluding hydrogens is 212 g/mol. The van der Waals surface area contributed by atoms with Gasteiger partial charge in [-0.25, -0.2) is 0 Å². The van der Waals surface area contributed by atoms with Gasteiger partial charge in [0.25, 0.3) is 0 Å². The van der Waals surface area contributed by atoms with Gasteiger partial charge in [-0.15, -0.1) is 0 Å². The lowest BCUT2D eigenvalue weighted by Gasteiger charge is -2.10. The van der Waals surface area contributed by atoms with E-state index in [9.17, 15) is 4.79 Å². The second-order valence-corrected chi connectivity index (χ2v) is 3.64. The lowest BCUT2D eigenvalue weighted by atomic mass is 9.98. The van der Waals surface area contributed by atoms with Crippen molar-refractivity contribution >= 4 is 16.8 Å². The topological polar surface area (TPSA) is 26.3 Å². The highest BCUT2D eigenvalue weighted by atomic mass is 35.5. The van der Waals surface area contributed by atoms with E-state index in [0.717, 1.165) is 17.7 Å². The number of rotatable bonds is 5. The molecule has 0 heterocycles. The Morgan fingerprint density at radius 1 is 1.33 bits per heavy atom. The highest BCUT2D eigenvalue weighted by Crippen LogP contribution is 2.24. The van der Waals surface area contributed by atoms with Gasteiger partial charge in [-0.3, -0.25) is 4.79 Å². The van der Waals surface area contributed by atoms with E-state index >= 15 is 0 Å². The summed E-state index contributed by atoms with van der Waals surface area (Å²) in [6.07, 6.45) is 0.719. The Morgan fingerprint density at radius 2 is 1.93 bits per heavy atom. The number of halogens is 1. The molecule has 1 aromatic rings. The summed E-state index contributed by atoms with van der Waals surface area (Å²) < 4.78 is 5.32. The number of carbonyl (C=O) groups is 1. The van der Waals surface area contributed by atoms with Crippen molar-refractivity contribution in [2.24, 2.45) is 0 Å². The van der Waals surface area contributed by atoms with Gasteiger partial charge in [-0.2, -0.15) is 0 Å². The molecule has 0 N–H and O–H groups in total. The highest BCUT2D eigenvalue weighted by molar-refractivity contribution is 6.64. The monoisotopic (exact) mass is 226 g/mol. The minimum absolute atomic E-state index is 0.206. The van der Waals surface area contributed by atoms with Crippen LogP contribution in [0, 0.1) is 0 Å². The van der Waals surface area contributed by atoms with Crippen LogP contribution in [0.25, 0.3) is 0 Å². The normalized spacial score (nSPS) is 12.2. The van der Waals surface area contributed by atoms with Crippen LogP contribution in [0.15, 0.2) is 24.3 Å². The van der Waals surface area contributed by atoms with Crippen molar-refractivity contribution in [3.05, 3.63) is 29.8 Å². The van der Waals surface area contributed by atoms with Crippen molar-refractivity contribution in [2.75, 3.05) is 6.61 Å². The van der Waals surface area contributed by atoms with Crippen LogP contribution in [0.2, 0.25) is 0 Å². The first-order valence-electron chi connectivity index (χ1n) is 5.11. The van der Waals surface area contributed by atoms with Crippen LogP contribution < -0.4 is 4.74 Å². The molecule has 2 nitrogen and oxygen atoms in total. The summed E-state index contributed by atoms with van der Waals surface area (Å²) in [6, 6.07) is 7.50. The first-order valence-corrected chi connectivity index (χ1v) is 5.49. The maximum atomic E-state index is 11.1. The predicted molar refractivity (Wildman–Crippen MR) is 61.5 cm³/mol. The van der Waals surface area contributed by atoms with Crippen molar-refractivity contribution < 1.29 is 9.53 Å². The molecule has 0 aromatic heterocycles. The molecule has 82 valence electrons. The van der Waals surface area contributed by atoms with E-state index in [2.05, 4.69) is 0 Å². The lowest BCUT2D eigenvalue weighted by Crippen LogP contribution is -2.05. The second kappa shape index (κ2) is 5.76. The molecule has 0 bridgehead atoms. The van der Waals surface area contributed by atoms with Gasteiger partial charge in [0.05, 0.1) is 12.5 Å². The fraction of sp³-hybridized carbons (Fsp3) is 0.417. The first kappa shape index (κ1) is 12.1. The standard InChI is InChI=1S/C12H15ClO2/c1-3-11(12(13)14)9-5-7-10(8-6-9)15-4-2/h5-8,11H,3-4H2,1-2H3. The summed E-state index contributed by atoms with van der Waals surface area (Å²) in [5.74, 6) is 0.612. The third-order valence-corrected chi connectivity index (χ3v) is 2.54. The van der Waals surface area contributed by atoms with E-state index in [0.29, 0.717) is 6.61 Å². The van der Waals surface area contributed by atoms with Crippen LogP contribution in [0.4, 0.5) is 0 Å². The largest absolute Gasteiger partial charge is 0.494 e. The molecule has 1 atom stereocenters. The Labute approximate surface area is 95.2 Å². The van der Waals surface area contributed by atoms with Crippen LogP contribution in [-0.4, -0.2) is 11.8 Å². The number of ether oxygens (including phenoxy) is 1. The zero-order valence-electron chi connectivity index (χ0n) is 9.00. The second-order valence-electron chi connectivity index (χ2n) is 3.27. The van der Waals surface area contributed by atoms with Gasteiger partial charge >= 0.3 is 0 Å². The lowest BCUT2D eigenvalue weighted by molar-refractivity contribution is -0.113. The molecule has 0 spiro atoms. The van der Waals surface area contributed by atoms with Crippen molar-refractivity contribution in [2.45, 2.75) is 26.2 Å². The molecular formula is C12H15ClO2. The van der Waals surface area contributed by atoms with E-state index in [-0.39, 0.29) is 11.2 Å². The minimum Gasteiger partial charge on any atom is -0.494 e. The van der Waals surface area contributed by atoms with E-state index in [1.54, 1.807) is 0 Å². The zero-order chi connectivity index (χ0) is 11.3. The molecule has 15 heavy (non-hydrogen) atoms. The highest BCUT2D eigenvalue weighted by Gasteiger charge is 2.15. The Morgan fingerprint density at radius 3 is 2.33 bits per heavy atom. The molecule has 0 saturated heterocycles. The number of hydrogen-bond acceptors (Lipinski definition) is 2. The summed E-state index contributed by atoms with van der Waals surface area (Å²) in [5, 5.41) is -0.304. The number of carbonyl (C=O) groups excluding carboxylic acids is 1. The zero-order valence-corrected chi connectivity index (χ0v) is 9.75. The van der Waals surface area contributed by atoms with Gasteiger partial charge in [0.1, 0.15) is 5.75 Å². The molecule has 0 radical (unpaired) electrons. The molecule has 0 fully saturated rings. The van der Waals surface area contributed by atoms with Crippen molar-refractivity contribution in [1.29, 1.82) is 0 Å². The molecule has 0 aliphatic rings.